The van der Waals surface area contributed by atoms with Crippen LogP contribution >= 0.6 is 0 Å². The normalized spacial score (nSPS) is 13.8. The second-order valence-electron chi connectivity index (χ2n) is 4.95. The second kappa shape index (κ2) is 6.97. The van der Waals surface area contributed by atoms with Gasteiger partial charge in [-0.05, 0) is 37.5 Å². The number of urea groups is 1. The number of amides is 2. The number of nitrogens with zero attached hydrogens (tertiary/aromatic N) is 1. The minimum absolute atomic E-state index is 0.0499. The first-order valence-electron chi connectivity index (χ1n) is 6.97. The minimum Gasteiger partial charge on any atom is -0.395 e. The molecule has 0 atom stereocenters. The zero-order chi connectivity index (χ0) is 14.4. The van der Waals surface area contributed by atoms with Gasteiger partial charge >= 0.3 is 6.03 Å². The SMILES string of the molecule is Cc1ccc(NC(=O)N2CCCC2)c(C#CCCO)c1. The molecule has 4 nitrogen and oxygen atoms in total. The highest BCUT2D eigenvalue weighted by Gasteiger charge is 2.18. The average molecular weight is 272 g/mol. The Labute approximate surface area is 119 Å². The van der Waals surface area contributed by atoms with Gasteiger partial charge in [-0.25, -0.2) is 4.79 Å². The maximum Gasteiger partial charge on any atom is 0.321 e. The summed E-state index contributed by atoms with van der Waals surface area (Å²) in [5.41, 5.74) is 2.63. The fourth-order valence-electron chi connectivity index (χ4n) is 2.20. The summed E-state index contributed by atoms with van der Waals surface area (Å²) in [6.07, 6.45) is 2.59. The number of anilines is 1. The van der Waals surface area contributed by atoms with Gasteiger partial charge in [0.1, 0.15) is 0 Å². The van der Waals surface area contributed by atoms with Gasteiger partial charge in [-0.1, -0.05) is 17.9 Å². The number of rotatable bonds is 2. The number of hydrogen-bond acceptors (Lipinski definition) is 2. The van der Waals surface area contributed by atoms with Crippen molar-refractivity contribution in [1.29, 1.82) is 0 Å². The molecule has 1 aromatic rings. The van der Waals surface area contributed by atoms with Crippen LogP contribution in [0.25, 0.3) is 0 Å². The number of aliphatic hydroxyl groups excluding tert-OH is 1. The predicted octanol–water partition coefficient (Wildman–Crippen LogP) is 2.36. The summed E-state index contributed by atoms with van der Waals surface area (Å²) in [7, 11) is 0. The van der Waals surface area contributed by atoms with E-state index < -0.39 is 0 Å². The van der Waals surface area contributed by atoms with E-state index in [0.717, 1.165) is 42.7 Å². The summed E-state index contributed by atoms with van der Waals surface area (Å²) in [6.45, 7) is 3.68. The number of carbonyl (C=O) groups excluding carboxylic acids is 1. The lowest BCUT2D eigenvalue weighted by atomic mass is 10.1. The first-order chi connectivity index (χ1) is 9.70. The van der Waals surface area contributed by atoms with Crippen molar-refractivity contribution in [3.63, 3.8) is 0 Å². The zero-order valence-electron chi connectivity index (χ0n) is 11.8. The Balaban J connectivity index is 2.14. The summed E-state index contributed by atoms with van der Waals surface area (Å²) < 4.78 is 0. The molecular formula is C16H20N2O2. The largest absolute Gasteiger partial charge is 0.395 e. The second-order valence-corrected chi connectivity index (χ2v) is 4.95. The molecule has 2 N–H and O–H groups in total. The van der Waals surface area contributed by atoms with Crippen LogP contribution in [0.1, 0.15) is 30.4 Å². The van der Waals surface area contributed by atoms with E-state index in [1.165, 1.54) is 0 Å². The van der Waals surface area contributed by atoms with Crippen LogP contribution in [0.3, 0.4) is 0 Å². The van der Waals surface area contributed by atoms with Crippen molar-refractivity contribution < 1.29 is 9.90 Å². The highest BCUT2D eigenvalue weighted by molar-refractivity contribution is 5.91. The smallest absolute Gasteiger partial charge is 0.321 e. The molecule has 2 rings (SSSR count). The van der Waals surface area contributed by atoms with E-state index in [-0.39, 0.29) is 12.6 Å². The number of nitrogens with one attached hydrogen (secondary N) is 1. The van der Waals surface area contributed by atoms with E-state index in [1.807, 2.05) is 30.0 Å². The third kappa shape index (κ3) is 3.75. The van der Waals surface area contributed by atoms with Crippen LogP contribution in [0.5, 0.6) is 0 Å². The molecule has 0 aliphatic carbocycles. The van der Waals surface area contributed by atoms with Gasteiger partial charge in [-0.3, -0.25) is 0 Å². The number of benzene rings is 1. The molecule has 1 aromatic carbocycles. The molecule has 0 spiro atoms. The third-order valence-corrected chi connectivity index (χ3v) is 3.27. The Morgan fingerprint density at radius 1 is 1.40 bits per heavy atom. The Hall–Kier alpha value is -1.99. The summed E-state index contributed by atoms with van der Waals surface area (Å²) >= 11 is 0. The molecule has 1 saturated heterocycles. The van der Waals surface area contributed by atoms with E-state index in [2.05, 4.69) is 17.2 Å². The minimum atomic E-state index is -0.0587. The summed E-state index contributed by atoms with van der Waals surface area (Å²) in [5, 5.41) is 11.7. The fourth-order valence-corrected chi connectivity index (χ4v) is 2.20. The maximum absolute atomic E-state index is 12.1. The monoisotopic (exact) mass is 272 g/mol. The average Bonchev–Trinajstić information content (AvgIpc) is 2.96. The van der Waals surface area contributed by atoms with Gasteiger partial charge in [0.25, 0.3) is 0 Å². The molecule has 0 aromatic heterocycles. The maximum atomic E-state index is 12.1. The molecule has 1 fully saturated rings. The number of hydrogen-bond donors (Lipinski definition) is 2. The van der Waals surface area contributed by atoms with Crippen LogP contribution in [0.4, 0.5) is 10.5 Å². The van der Waals surface area contributed by atoms with Crippen molar-refractivity contribution in [1.82, 2.24) is 4.90 Å². The number of carbonyl (C=O) groups is 1. The van der Waals surface area contributed by atoms with Crippen LogP contribution in [0.15, 0.2) is 18.2 Å². The quantitative estimate of drug-likeness (QED) is 0.812. The summed E-state index contributed by atoms with van der Waals surface area (Å²) in [4.78, 5) is 13.9. The standard InChI is InChI=1S/C16H20N2O2/c1-13-7-8-15(14(12-13)6-2-5-11-19)17-16(20)18-9-3-4-10-18/h7-8,12,19H,3-5,9-11H2,1H3,(H,17,20). The molecule has 2 amide bonds. The molecule has 0 bridgehead atoms. The highest BCUT2D eigenvalue weighted by Crippen LogP contribution is 2.18. The molecule has 0 saturated carbocycles. The number of aryl methyl sites for hydroxylation is 1. The van der Waals surface area contributed by atoms with Gasteiger partial charge in [0.05, 0.1) is 12.3 Å². The van der Waals surface area contributed by atoms with Crippen molar-refractivity contribution in [2.45, 2.75) is 26.2 Å². The van der Waals surface area contributed by atoms with Gasteiger partial charge < -0.3 is 15.3 Å². The first-order valence-corrected chi connectivity index (χ1v) is 6.97. The molecule has 0 radical (unpaired) electrons. The lowest BCUT2D eigenvalue weighted by molar-refractivity contribution is 0.222. The van der Waals surface area contributed by atoms with E-state index >= 15 is 0 Å². The van der Waals surface area contributed by atoms with Gasteiger partial charge in [-0.2, -0.15) is 0 Å². The van der Waals surface area contributed by atoms with E-state index in [4.69, 9.17) is 5.11 Å². The lowest BCUT2D eigenvalue weighted by Gasteiger charge is -2.17. The van der Waals surface area contributed by atoms with Crippen LogP contribution in [0, 0.1) is 18.8 Å². The number of likely N-dealkylation sites (tertiary alicyclic amines) is 1. The predicted molar refractivity (Wildman–Crippen MR) is 79.6 cm³/mol. The Morgan fingerprint density at radius 3 is 2.85 bits per heavy atom. The molecule has 1 aliphatic heterocycles. The Kier molecular flexibility index (Phi) is 5.03. The van der Waals surface area contributed by atoms with Gasteiger partial charge in [0.15, 0.2) is 0 Å². The molecular weight excluding hydrogens is 252 g/mol. The van der Waals surface area contributed by atoms with Crippen molar-refractivity contribution in [3.8, 4) is 11.8 Å². The van der Waals surface area contributed by atoms with Gasteiger partial charge in [-0.15, -0.1) is 0 Å². The summed E-state index contributed by atoms with van der Waals surface area (Å²) in [5.74, 6) is 5.90. The summed E-state index contributed by atoms with van der Waals surface area (Å²) in [6, 6.07) is 5.73. The van der Waals surface area contributed by atoms with Crippen LogP contribution in [0.2, 0.25) is 0 Å². The van der Waals surface area contributed by atoms with Crippen molar-refractivity contribution in [3.05, 3.63) is 29.3 Å². The zero-order valence-corrected chi connectivity index (χ0v) is 11.8. The topological polar surface area (TPSA) is 52.6 Å². The Bertz CT molecular complexity index is 537. The van der Waals surface area contributed by atoms with Crippen molar-refractivity contribution >= 4 is 11.7 Å². The Morgan fingerprint density at radius 2 is 2.15 bits per heavy atom. The van der Waals surface area contributed by atoms with Crippen molar-refractivity contribution in [2.75, 3.05) is 25.0 Å². The van der Waals surface area contributed by atoms with E-state index in [1.54, 1.807) is 0 Å². The van der Waals surface area contributed by atoms with Gasteiger partial charge in [0, 0.05) is 25.1 Å². The van der Waals surface area contributed by atoms with Crippen LogP contribution in [-0.4, -0.2) is 35.7 Å². The van der Waals surface area contributed by atoms with Gasteiger partial charge in [0.2, 0.25) is 0 Å². The van der Waals surface area contributed by atoms with Crippen molar-refractivity contribution in [2.24, 2.45) is 0 Å². The molecule has 1 heterocycles. The molecule has 106 valence electrons. The number of aliphatic hydroxyl groups is 1. The third-order valence-electron chi connectivity index (χ3n) is 3.27. The lowest BCUT2D eigenvalue weighted by Crippen LogP contribution is -2.32. The molecule has 0 unspecified atom stereocenters. The van der Waals surface area contributed by atoms with Crippen LogP contribution in [-0.2, 0) is 0 Å². The molecule has 20 heavy (non-hydrogen) atoms. The molecule has 4 heteroatoms. The first kappa shape index (κ1) is 14.4. The van der Waals surface area contributed by atoms with E-state index in [9.17, 15) is 4.79 Å². The fraction of sp³-hybridized carbons (Fsp3) is 0.438. The van der Waals surface area contributed by atoms with E-state index in [0.29, 0.717) is 6.42 Å². The van der Waals surface area contributed by atoms with Crippen LogP contribution < -0.4 is 5.32 Å². The highest BCUT2D eigenvalue weighted by atomic mass is 16.2. The molecule has 1 aliphatic rings.